The Bertz CT molecular complexity index is 1020. The number of nitrogens with zero attached hydrogens (tertiary/aromatic N) is 5. The Morgan fingerprint density at radius 3 is 2.92 bits per heavy atom. The molecule has 0 radical (unpaired) electrons. The molecule has 3 aromatic heterocycles. The first-order valence-corrected chi connectivity index (χ1v) is 8.98. The lowest BCUT2D eigenvalue weighted by Gasteiger charge is -2.21. The molecular weight excluding hydrogens is 312 g/mol. The lowest BCUT2D eigenvalue weighted by molar-refractivity contribution is 0.321. The molecule has 0 atom stereocenters. The third kappa shape index (κ3) is 2.67. The summed E-state index contributed by atoms with van der Waals surface area (Å²) in [4.78, 5) is 21.2. The second kappa shape index (κ2) is 5.95. The summed E-state index contributed by atoms with van der Waals surface area (Å²) in [5.41, 5.74) is 5.48. The van der Waals surface area contributed by atoms with Gasteiger partial charge in [0.1, 0.15) is 0 Å². The van der Waals surface area contributed by atoms with E-state index < -0.39 is 0 Å². The van der Waals surface area contributed by atoms with E-state index in [0.29, 0.717) is 0 Å². The molecule has 5 rings (SSSR count). The molecule has 1 aliphatic carbocycles. The van der Waals surface area contributed by atoms with Gasteiger partial charge in [0.05, 0.1) is 35.6 Å². The molecule has 6 nitrogen and oxygen atoms in total. The van der Waals surface area contributed by atoms with Crippen LogP contribution in [0, 0.1) is 5.92 Å². The number of benzene rings is 1. The van der Waals surface area contributed by atoms with E-state index in [2.05, 4.69) is 30.6 Å². The summed E-state index contributed by atoms with van der Waals surface area (Å²) in [6, 6.07) is 6.12. The molecule has 3 heterocycles. The van der Waals surface area contributed by atoms with Crippen LogP contribution < -0.4 is 0 Å². The highest BCUT2D eigenvalue weighted by Crippen LogP contribution is 2.27. The average Bonchev–Trinajstić information content (AvgIpc) is 3.28. The number of hydrogen-bond donors (Lipinski definition) is 1. The number of hydrogen-bond acceptors (Lipinski definition) is 4. The van der Waals surface area contributed by atoms with Crippen LogP contribution in [0.3, 0.4) is 0 Å². The van der Waals surface area contributed by atoms with Crippen molar-refractivity contribution < 1.29 is 0 Å². The van der Waals surface area contributed by atoms with E-state index in [-0.39, 0.29) is 0 Å². The lowest BCUT2D eigenvalue weighted by Crippen LogP contribution is -2.13. The van der Waals surface area contributed by atoms with Crippen LogP contribution in [0.5, 0.6) is 0 Å². The van der Waals surface area contributed by atoms with Crippen molar-refractivity contribution in [3.63, 3.8) is 0 Å². The lowest BCUT2D eigenvalue weighted by atomic mass is 9.89. The van der Waals surface area contributed by atoms with Gasteiger partial charge in [0.15, 0.2) is 11.3 Å². The zero-order chi connectivity index (χ0) is 16.6. The van der Waals surface area contributed by atoms with Gasteiger partial charge in [-0.1, -0.05) is 25.3 Å². The van der Waals surface area contributed by atoms with E-state index in [1.807, 2.05) is 18.5 Å². The Balaban J connectivity index is 1.52. The first-order valence-electron chi connectivity index (χ1n) is 8.98. The monoisotopic (exact) mass is 332 g/mol. The second-order valence-corrected chi connectivity index (χ2v) is 6.94. The molecular formula is C19H20N6. The summed E-state index contributed by atoms with van der Waals surface area (Å²) < 4.78 is 2.18. The average molecular weight is 332 g/mol. The third-order valence-corrected chi connectivity index (χ3v) is 5.22. The first-order chi connectivity index (χ1) is 12.4. The molecule has 1 N–H and O–H groups in total. The molecule has 0 unspecified atom stereocenters. The van der Waals surface area contributed by atoms with Gasteiger partial charge in [-0.3, -0.25) is 0 Å². The number of rotatable bonds is 3. The SMILES string of the molecule is c1nc2ccc(-c3cnc4ncn(CC5CCCCC5)c4n3)cc2[nH]1. The summed E-state index contributed by atoms with van der Waals surface area (Å²) in [6.07, 6.45) is 12.1. The highest BCUT2D eigenvalue weighted by atomic mass is 15.1. The van der Waals surface area contributed by atoms with E-state index in [1.165, 1.54) is 32.1 Å². The summed E-state index contributed by atoms with van der Waals surface area (Å²) in [6.45, 7) is 0.994. The zero-order valence-corrected chi connectivity index (χ0v) is 14.0. The van der Waals surface area contributed by atoms with Gasteiger partial charge in [0.25, 0.3) is 0 Å². The van der Waals surface area contributed by atoms with Crippen molar-refractivity contribution in [1.29, 1.82) is 0 Å². The normalized spacial score (nSPS) is 16.0. The van der Waals surface area contributed by atoms with Crippen molar-refractivity contribution in [2.45, 2.75) is 38.6 Å². The molecule has 0 saturated heterocycles. The third-order valence-electron chi connectivity index (χ3n) is 5.22. The fraction of sp³-hybridized carbons (Fsp3) is 0.368. The molecule has 1 fully saturated rings. The molecule has 1 aromatic carbocycles. The van der Waals surface area contributed by atoms with Gasteiger partial charge in [0.2, 0.25) is 0 Å². The van der Waals surface area contributed by atoms with Crippen LogP contribution in [0.1, 0.15) is 32.1 Å². The maximum Gasteiger partial charge on any atom is 0.197 e. The van der Waals surface area contributed by atoms with Crippen LogP contribution in [-0.2, 0) is 6.54 Å². The van der Waals surface area contributed by atoms with E-state index in [0.717, 1.165) is 46.0 Å². The number of nitrogens with one attached hydrogen (secondary N) is 1. The van der Waals surface area contributed by atoms with Crippen LogP contribution in [0.25, 0.3) is 33.6 Å². The standard InChI is InChI=1S/C19H20N6/c1-2-4-13(5-3-1)10-25-12-23-18-19(25)24-17(9-20-18)14-6-7-15-16(8-14)22-11-21-15/h6-9,11-13H,1-5,10H2,(H,21,22). The Labute approximate surface area is 145 Å². The molecule has 4 aromatic rings. The second-order valence-electron chi connectivity index (χ2n) is 6.94. The van der Waals surface area contributed by atoms with Crippen LogP contribution >= 0.6 is 0 Å². The highest BCUT2D eigenvalue weighted by Gasteiger charge is 2.16. The van der Waals surface area contributed by atoms with Crippen molar-refractivity contribution in [2.24, 2.45) is 5.92 Å². The molecule has 0 aliphatic heterocycles. The summed E-state index contributed by atoms with van der Waals surface area (Å²) in [7, 11) is 0. The number of imidazole rings is 2. The Morgan fingerprint density at radius 1 is 1.08 bits per heavy atom. The maximum atomic E-state index is 4.87. The molecule has 0 spiro atoms. The number of aromatic amines is 1. The van der Waals surface area contributed by atoms with Gasteiger partial charge in [-0.25, -0.2) is 19.9 Å². The number of fused-ring (bicyclic) bond motifs is 2. The molecule has 0 amide bonds. The van der Waals surface area contributed by atoms with Gasteiger partial charge in [-0.15, -0.1) is 0 Å². The minimum Gasteiger partial charge on any atom is -0.345 e. The van der Waals surface area contributed by atoms with Crippen LogP contribution in [0.4, 0.5) is 0 Å². The minimum absolute atomic E-state index is 0.724. The van der Waals surface area contributed by atoms with Crippen molar-refractivity contribution >= 4 is 22.3 Å². The van der Waals surface area contributed by atoms with Crippen molar-refractivity contribution in [1.82, 2.24) is 29.5 Å². The summed E-state index contributed by atoms with van der Waals surface area (Å²) in [5.74, 6) is 0.734. The first kappa shape index (κ1) is 14.6. The number of aromatic nitrogens is 6. The Kier molecular flexibility index (Phi) is 3.47. The summed E-state index contributed by atoms with van der Waals surface area (Å²) >= 11 is 0. The quantitative estimate of drug-likeness (QED) is 0.616. The van der Waals surface area contributed by atoms with Crippen molar-refractivity contribution in [2.75, 3.05) is 0 Å². The van der Waals surface area contributed by atoms with Gasteiger partial charge in [-0.05, 0) is 30.9 Å². The molecule has 6 heteroatoms. The van der Waals surface area contributed by atoms with Crippen LogP contribution in [-0.4, -0.2) is 29.5 Å². The maximum absolute atomic E-state index is 4.87. The van der Waals surface area contributed by atoms with Gasteiger partial charge in [-0.2, -0.15) is 0 Å². The molecule has 25 heavy (non-hydrogen) atoms. The molecule has 1 aliphatic rings. The van der Waals surface area contributed by atoms with E-state index in [1.54, 1.807) is 12.5 Å². The molecule has 126 valence electrons. The van der Waals surface area contributed by atoms with Crippen LogP contribution in [0.15, 0.2) is 37.1 Å². The van der Waals surface area contributed by atoms with E-state index >= 15 is 0 Å². The Hall–Kier alpha value is -2.76. The zero-order valence-electron chi connectivity index (χ0n) is 14.0. The smallest absolute Gasteiger partial charge is 0.197 e. The van der Waals surface area contributed by atoms with Crippen molar-refractivity contribution in [3.05, 3.63) is 37.1 Å². The van der Waals surface area contributed by atoms with Gasteiger partial charge < -0.3 is 9.55 Å². The van der Waals surface area contributed by atoms with Crippen LogP contribution in [0.2, 0.25) is 0 Å². The Morgan fingerprint density at radius 2 is 2.00 bits per heavy atom. The fourth-order valence-electron chi connectivity index (χ4n) is 3.85. The predicted octanol–water partition coefficient (Wildman–Crippen LogP) is 3.95. The van der Waals surface area contributed by atoms with Gasteiger partial charge in [0, 0.05) is 12.1 Å². The van der Waals surface area contributed by atoms with Crippen molar-refractivity contribution in [3.8, 4) is 11.3 Å². The molecule has 0 bridgehead atoms. The molecule has 1 saturated carbocycles. The fourth-order valence-corrected chi connectivity index (χ4v) is 3.85. The highest BCUT2D eigenvalue weighted by molar-refractivity contribution is 5.81. The van der Waals surface area contributed by atoms with E-state index in [9.17, 15) is 0 Å². The largest absolute Gasteiger partial charge is 0.345 e. The summed E-state index contributed by atoms with van der Waals surface area (Å²) in [5, 5.41) is 0. The predicted molar refractivity (Wildman–Crippen MR) is 97.0 cm³/mol. The topological polar surface area (TPSA) is 72.3 Å². The van der Waals surface area contributed by atoms with Gasteiger partial charge >= 0.3 is 0 Å². The van der Waals surface area contributed by atoms with E-state index in [4.69, 9.17) is 4.98 Å². The minimum atomic E-state index is 0.724. The number of H-pyrrole nitrogens is 1.